The van der Waals surface area contributed by atoms with Crippen LogP contribution in [0.4, 0.5) is 4.39 Å². The molecule has 0 saturated carbocycles. The van der Waals surface area contributed by atoms with Crippen LogP contribution in [0, 0.1) is 5.82 Å². The molecule has 3 nitrogen and oxygen atoms in total. The normalized spacial score (nSPS) is 19.4. The topological polar surface area (TPSA) is 29.5 Å². The molecular formula is C16H21ClFNO2. The van der Waals surface area contributed by atoms with Crippen LogP contribution in [0.25, 0.3) is 0 Å². The van der Waals surface area contributed by atoms with Gasteiger partial charge >= 0.3 is 0 Å². The maximum Gasteiger partial charge on any atom is 0.253 e. The summed E-state index contributed by atoms with van der Waals surface area (Å²) in [5, 5.41) is -0.0140. The molecule has 116 valence electrons. The fraction of sp³-hybridized carbons (Fsp3) is 0.562. The molecule has 1 fully saturated rings. The monoisotopic (exact) mass is 313 g/mol. The van der Waals surface area contributed by atoms with Gasteiger partial charge in [-0.15, -0.1) is 0 Å². The molecule has 1 amide bonds. The number of hydrogen-bond acceptors (Lipinski definition) is 2. The largest absolute Gasteiger partial charge is 0.378 e. The zero-order valence-corrected chi connectivity index (χ0v) is 13.0. The zero-order valence-electron chi connectivity index (χ0n) is 12.3. The van der Waals surface area contributed by atoms with Crippen molar-refractivity contribution in [1.29, 1.82) is 0 Å². The summed E-state index contributed by atoms with van der Waals surface area (Å²) in [5.41, 5.74) is 0.439. The Morgan fingerprint density at radius 3 is 2.95 bits per heavy atom. The molecule has 21 heavy (non-hydrogen) atoms. The number of benzene rings is 1. The van der Waals surface area contributed by atoms with E-state index in [0.717, 1.165) is 32.3 Å². The van der Waals surface area contributed by atoms with E-state index >= 15 is 0 Å². The van der Waals surface area contributed by atoms with Crippen molar-refractivity contribution in [1.82, 2.24) is 4.90 Å². The SMILES string of the molecule is CCCO[C@H]1CCCN(C(=O)c2ccc(F)c(Cl)c2)CC1. The summed E-state index contributed by atoms with van der Waals surface area (Å²) < 4.78 is 18.9. The molecule has 0 radical (unpaired) electrons. The van der Waals surface area contributed by atoms with Crippen molar-refractivity contribution < 1.29 is 13.9 Å². The number of nitrogens with zero attached hydrogens (tertiary/aromatic N) is 1. The van der Waals surface area contributed by atoms with E-state index in [0.29, 0.717) is 18.7 Å². The number of amides is 1. The van der Waals surface area contributed by atoms with Crippen molar-refractivity contribution in [3.8, 4) is 0 Å². The van der Waals surface area contributed by atoms with E-state index in [2.05, 4.69) is 6.92 Å². The third-order valence-electron chi connectivity index (χ3n) is 3.69. The summed E-state index contributed by atoms with van der Waals surface area (Å²) >= 11 is 5.74. The van der Waals surface area contributed by atoms with Crippen molar-refractivity contribution in [2.45, 2.75) is 38.7 Å². The van der Waals surface area contributed by atoms with Crippen LogP contribution in [0.3, 0.4) is 0 Å². The van der Waals surface area contributed by atoms with Gasteiger partial charge in [0.25, 0.3) is 5.91 Å². The van der Waals surface area contributed by atoms with Crippen molar-refractivity contribution in [2.75, 3.05) is 19.7 Å². The average Bonchev–Trinajstić information content (AvgIpc) is 2.73. The molecule has 0 bridgehead atoms. The van der Waals surface area contributed by atoms with Crippen LogP contribution >= 0.6 is 11.6 Å². The minimum atomic E-state index is -0.503. The van der Waals surface area contributed by atoms with Gasteiger partial charge in [-0.1, -0.05) is 18.5 Å². The molecular weight excluding hydrogens is 293 g/mol. The minimum absolute atomic E-state index is 0.0140. The lowest BCUT2D eigenvalue weighted by atomic mass is 10.1. The molecule has 5 heteroatoms. The molecule has 0 aromatic heterocycles. The molecule has 0 N–H and O–H groups in total. The van der Waals surface area contributed by atoms with Crippen LogP contribution in [-0.2, 0) is 4.74 Å². The van der Waals surface area contributed by atoms with Gasteiger partial charge in [0.15, 0.2) is 0 Å². The molecule has 1 aliphatic heterocycles. The summed E-state index contributed by atoms with van der Waals surface area (Å²) in [7, 11) is 0. The van der Waals surface area contributed by atoms with E-state index in [1.54, 1.807) is 4.90 Å². The Bertz CT molecular complexity index is 495. The smallest absolute Gasteiger partial charge is 0.253 e. The maximum absolute atomic E-state index is 13.2. The third-order valence-corrected chi connectivity index (χ3v) is 3.98. The lowest BCUT2D eigenvalue weighted by Gasteiger charge is -2.21. The number of ether oxygens (including phenoxy) is 1. The molecule has 1 saturated heterocycles. The first-order valence-electron chi connectivity index (χ1n) is 7.47. The van der Waals surface area contributed by atoms with Gasteiger partial charge in [0, 0.05) is 25.3 Å². The van der Waals surface area contributed by atoms with Crippen LogP contribution in [0.5, 0.6) is 0 Å². The highest BCUT2D eigenvalue weighted by molar-refractivity contribution is 6.31. The number of likely N-dealkylation sites (tertiary alicyclic amines) is 1. The van der Waals surface area contributed by atoms with Crippen molar-refractivity contribution in [3.05, 3.63) is 34.6 Å². The van der Waals surface area contributed by atoms with E-state index in [4.69, 9.17) is 16.3 Å². The molecule has 1 aromatic rings. The van der Waals surface area contributed by atoms with Gasteiger partial charge < -0.3 is 9.64 Å². The highest BCUT2D eigenvalue weighted by Gasteiger charge is 2.22. The molecule has 0 unspecified atom stereocenters. The lowest BCUT2D eigenvalue weighted by Crippen LogP contribution is -2.32. The van der Waals surface area contributed by atoms with Crippen LogP contribution in [0.2, 0.25) is 5.02 Å². The second-order valence-electron chi connectivity index (χ2n) is 5.34. The Morgan fingerprint density at radius 2 is 2.24 bits per heavy atom. The first-order chi connectivity index (χ1) is 10.1. The maximum atomic E-state index is 13.2. The predicted molar refractivity (Wildman–Crippen MR) is 81.2 cm³/mol. The molecule has 1 heterocycles. The van der Waals surface area contributed by atoms with E-state index in [9.17, 15) is 9.18 Å². The molecule has 2 rings (SSSR count). The van der Waals surface area contributed by atoms with Gasteiger partial charge in [-0.3, -0.25) is 4.79 Å². The second kappa shape index (κ2) is 7.76. The van der Waals surface area contributed by atoms with Crippen molar-refractivity contribution in [2.24, 2.45) is 0 Å². The van der Waals surface area contributed by atoms with Gasteiger partial charge in [0.05, 0.1) is 11.1 Å². The Labute approximate surface area is 130 Å². The Kier molecular flexibility index (Phi) is 6.00. The summed E-state index contributed by atoms with van der Waals surface area (Å²) in [6.45, 7) is 4.24. The first-order valence-corrected chi connectivity index (χ1v) is 7.85. The van der Waals surface area contributed by atoms with Gasteiger partial charge in [0.1, 0.15) is 5.82 Å². The van der Waals surface area contributed by atoms with Gasteiger partial charge in [-0.25, -0.2) is 4.39 Å². The predicted octanol–water partition coefficient (Wildman–Crippen LogP) is 3.90. The Morgan fingerprint density at radius 1 is 1.43 bits per heavy atom. The van der Waals surface area contributed by atoms with Crippen molar-refractivity contribution in [3.63, 3.8) is 0 Å². The van der Waals surface area contributed by atoms with Crippen LogP contribution in [-0.4, -0.2) is 36.6 Å². The number of rotatable bonds is 4. The second-order valence-corrected chi connectivity index (χ2v) is 5.75. The van der Waals surface area contributed by atoms with Crippen LogP contribution in [0.15, 0.2) is 18.2 Å². The number of carbonyl (C=O) groups is 1. The zero-order chi connectivity index (χ0) is 15.2. The quantitative estimate of drug-likeness (QED) is 0.843. The van der Waals surface area contributed by atoms with Gasteiger partial charge in [-0.2, -0.15) is 0 Å². The van der Waals surface area contributed by atoms with Gasteiger partial charge in [0.2, 0.25) is 0 Å². The summed E-state index contributed by atoms with van der Waals surface area (Å²) in [5.74, 6) is -0.592. The van der Waals surface area contributed by atoms with Crippen molar-refractivity contribution >= 4 is 17.5 Å². The molecule has 1 atom stereocenters. The fourth-order valence-corrected chi connectivity index (χ4v) is 2.71. The standard InChI is InChI=1S/C16H21ClFNO2/c1-2-10-21-13-4-3-8-19(9-7-13)16(20)12-5-6-15(18)14(17)11-12/h5-6,11,13H,2-4,7-10H2,1H3/t13-/m0/s1. The summed E-state index contributed by atoms with van der Waals surface area (Å²) in [6, 6.07) is 4.12. The van der Waals surface area contributed by atoms with E-state index < -0.39 is 5.82 Å². The number of carbonyl (C=O) groups excluding carboxylic acids is 1. The van der Waals surface area contributed by atoms with Gasteiger partial charge in [-0.05, 0) is 43.9 Å². The minimum Gasteiger partial charge on any atom is -0.378 e. The molecule has 1 aliphatic rings. The highest BCUT2D eigenvalue weighted by Crippen LogP contribution is 2.20. The van der Waals surface area contributed by atoms with Crippen LogP contribution in [0.1, 0.15) is 43.0 Å². The van der Waals surface area contributed by atoms with E-state index in [-0.39, 0.29) is 17.0 Å². The molecule has 0 aliphatic carbocycles. The first kappa shape index (κ1) is 16.2. The lowest BCUT2D eigenvalue weighted by molar-refractivity contribution is 0.0432. The molecule has 1 aromatic carbocycles. The van der Waals surface area contributed by atoms with Crippen LogP contribution < -0.4 is 0 Å². The third kappa shape index (κ3) is 4.42. The highest BCUT2D eigenvalue weighted by atomic mass is 35.5. The number of hydrogen-bond donors (Lipinski definition) is 0. The van der Waals surface area contributed by atoms with E-state index in [1.807, 2.05) is 0 Å². The number of halogens is 2. The summed E-state index contributed by atoms with van der Waals surface area (Å²) in [4.78, 5) is 14.2. The molecule has 0 spiro atoms. The average molecular weight is 314 g/mol. The fourth-order valence-electron chi connectivity index (χ4n) is 2.53. The Balaban J connectivity index is 1.98. The Hall–Kier alpha value is -1.13. The van der Waals surface area contributed by atoms with E-state index in [1.165, 1.54) is 18.2 Å². The summed E-state index contributed by atoms with van der Waals surface area (Å²) in [6.07, 6.45) is 4.00.